The molecular weight excluding hydrogens is 122 g/mol. The second kappa shape index (κ2) is 4.03. The van der Waals surface area contributed by atoms with Crippen LogP contribution in [0.5, 0.6) is 0 Å². The molecule has 0 unspecified atom stereocenters. The molecule has 0 aliphatic rings. The maximum atomic E-state index is 10.4. The average Bonchev–Trinajstić information content (AvgIpc) is 1.82. The molecule has 52 valence electrons. The molecule has 0 aliphatic heterocycles. The summed E-state index contributed by atoms with van der Waals surface area (Å²) in [4.78, 5) is 20.1. The van der Waals surface area contributed by atoms with Gasteiger partial charge >= 0.3 is 0 Å². The fraction of sp³-hybridized carbons (Fsp3) is 0.600. The molecule has 0 saturated carbocycles. The standard InChI is InChI=1S/C5H9NO3/c1-4(9)5(2-7)6-3-8/h3,5,7H,2H2,1H3,(H,6,8)/t5-/m0/s1. The summed E-state index contributed by atoms with van der Waals surface area (Å²) in [6.45, 7) is 0.964. The van der Waals surface area contributed by atoms with Crippen molar-refractivity contribution in [3.05, 3.63) is 0 Å². The first kappa shape index (κ1) is 8.10. The normalized spacial score (nSPS) is 12.2. The summed E-state index contributed by atoms with van der Waals surface area (Å²) in [5.74, 6) is -0.246. The first-order valence-corrected chi connectivity index (χ1v) is 2.53. The number of carbonyl (C=O) groups is 2. The number of hydrogen-bond acceptors (Lipinski definition) is 3. The van der Waals surface area contributed by atoms with Crippen LogP contribution in [0.15, 0.2) is 0 Å². The Morgan fingerprint density at radius 2 is 2.44 bits per heavy atom. The Morgan fingerprint density at radius 3 is 2.56 bits per heavy atom. The number of hydrogen-bond donors (Lipinski definition) is 2. The fourth-order valence-corrected chi connectivity index (χ4v) is 0.381. The summed E-state index contributed by atoms with van der Waals surface area (Å²) in [5.41, 5.74) is 0. The maximum Gasteiger partial charge on any atom is 0.207 e. The highest BCUT2D eigenvalue weighted by Gasteiger charge is 2.09. The molecular formula is C5H9NO3. The van der Waals surface area contributed by atoms with Gasteiger partial charge in [-0.25, -0.2) is 0 Å². The molecule has 0 aliphatic carbocycles. The summed E-state index contributed by atoms with van der Waals surface area (Å²) in [6, 6.07) is -0.734. The summed E-state index contributed by atoms with van der Waals surface area (Å²) >= 11 is 0. The van der Waals surface area contributed by atoms with E-state index in [2.05, 4.69) is 5.32 Å². The SMILES string of the molecule is CC(=O)[C@H](CO)NC=O. The molecule has 0 aromatic carbocycles. The molecule has 4 heteroatoms. The van der Waals surface area contributed by atoms with E-state index in [0.29, 0.717) is 6.41 Å². The molecule has 0 spiro atoms. The molecule has 4 nitrogen and oxygen atoms in total. The third-order valence-corrected chi connectivity index (χ3v) is 0.943. The number of aliphatic hydroxyl groups is 1. The average molecular weight is 131 g/mol. The minimum Gasteiger partial charge on any atom is -0.394 e. The van der Waals surface area contributed by atoms with Gasteiger partial charge in [-0.2, -0.15) is 0 Å². The van der Waals surface area contributed by atoms with Gasteiger partial charge in [0.25, 0.3) is 0 Å². The number of Topliss-reactive ketones (excluding diaryl/α,β-unsaturated/α-hetero) is 1. The smallest absolute Gasteiger partial charge is 0.207 e. The zero-order chi connectivity index (χ0) is 7.28. The molecule has 0 heterocycles. The van der Waals surface area contributed by atoms with Crippen LogP contribution in [0.3, 0.4) is 0 Å². The van der Waals surface area contributed by atoms with Crippen LogP contribution < -0.4 is 5.32 Å². The monoisotopic (exact) mass is 131 g/mol. The second-order valence-electron chi connectivity index (χ2n) is 1.63. The van der Waals surface area contributed by atoms with Crippen LogP contribution in [-0.2, 0) is 9.59 Å². The number of nitrogens with one attached hydrogen (secondary N) is 1. The van der Waals surface area contributed by atoms with Crippen LogP contribution in [0.25, 0.3) is 0 Å². The van der Waals surface area contributed by atoms with E-state index in [4.69, 9.17) is 5.11 Å². The molecule has 2 N–H and O–H groups in total. The number of aliphatic hydroxyl groups excluding tert-OH is 1. The second-order valence-corrected chi connectivity index (χ2v) is 1.63. The van der Waals surface area contributed by atoms with Crippen LogP contribution in [0.4, 0.5) is 0 Å². The number of amides is 1. The summed E-state index contributed by atoms with van der Waals surface area (Å²) in [5, 5.41) is 10.5. The molecule has 0 aromatic heterocycles. The lowest BCUT2D eigenvalue weighted by Gasteiger charge is -2.06. The van der Waals surface area contributed by atoms with Crippen LogP contribution in [0.1, 0.15) is 6.92 Å². The number of rotatable bonds is 4. The number of ketones is 1. The zero-order valence-electron chi connectivity index (χ0n) is 5.13. The van der Waals surface area contributed by atoms with Gasteiger partial charge in [-0.3, -0.25) is 9.59 Å². The lowest BCUT2D eigenvalue weighted by Crippen LogP contribution is -2.37. The van der Waals surface area contributed by atoms with Gasteiger partial charge in [0.05, 0.1) is 6.61 Å². The van der Waals surface area contributed by atoms with Crippen molar-refractivity contribution in [2.75, 3.05) is 6.61 Å². The van der Waals surface area contributed by atoms with Gasteiger partial charge < -0.3 is 10.4 Å². The van der Waals surface area contributed by atoms with E-state index in [-0.39, 0.29) is 12.4 Å². The molecule has 0 rings (SSSR count). The topological polar surface area (TPSA) is 66.4 Å². The van der Waals surface area contributed by atoms with Gasteiger partial charge in [0, 0.05) is 0 Å². The van der Waals surface area contributed by atoms with Crippen molar-refractivity contribution in [2.24, 2.45) is 0 Å². The highest BCUT2D eigenvalue weighted by atomic mass is 16.3. The zero-order valence-corrected chi connectivity index (χ0v) is 5.13. The molecule has 0 aromatic rings. The summed E-state index contributed by atoms with van der Waals surface area (Å²) in [6.07, 6.45) is 0.391. The van der Waals surface area contributed by atoms with E-state index in [1.807, 2.05) is 0 Å². The van der Waals surface area contributed by atoms with Crippen LogP contribution in [-0.4, -0.2) is 29.9 Å². The van der Waals surface area contributed by atoms with Crippen molar-refractivity contribution in [3.8, 4) is 0 Å². The molecule has 0 bridgehead atoms. The van der Waals surface area contributed by atoms with Crippen molar-refractivity contribution in [1.29, 1.82) is 0 Å². The third-order valence-electron chi connectivity index (χ3n) is 0.943. The quantitative estimate of drug-likeness (QED) is 0.465. The lowest BCUT2D eigenvalue weighted by molar-refractivity contribution is -0.122. The summed E-state index contributed by atoms with van der Waals surface area (Å²) < 4.78 is 0. The van der Waals surface area contributed by atoms with Gasteiger partial charge in [0.1, 0.15) is 6.04 Å². The van der Waals surface area contributed by atoms with E-state index in [1.54, 1.807) is 0 Å². The predicted molar refractivity (Wildman–Crippen MR) is 30.8 cm³/mol. The Kier molecular flexibility index (Phi) is 3.62. The van der Waals surface area contributed by atoms with Crippen LogP contribution >= 0.6 is 0 Å². The highest BCUT2D eigenvalue weighted by molar-refractivity contribution is 5.83. The van der Waals surface area contributed by atoms with Crippen LogP contribution in [0.2, 0.25) is 0 Å². The predicted octanol–water partition coefficient (Wildman–Crippen LogP) is -1.32. The lowest BCUT2D eigenvalue weighted by atomic mass is 10.2. The van der Waals surface area contributed by atoms with Crippen LogP contribution in [0, 0.1) is 0 Å². The van der Waals surface area contributed by atoms with E-state index in [1.165, 1.54) is 6.92 Å². The van der Waals surface area contributed by atoms with Crippen molar-refractivity contribution in [3.63, 3.8) is 0 Å². The molecule has 1 atom stereocenters. The van der Waals surface area contributed by atoms with E-state index in [0.717, 1.165) is 0 Å². The molecule has 0 saturated heterocycles. The van der Waals surface area contributed by atoms with E-state index >= 15 is 0 Å². The van der Waals surface area contributed by atoms with Crippen molar-refractivity contribution in [1.82, 2.24) is 5.32 Å². The largest absolute Gasteiger partial charge is 0.394 e. The third kappa shape index (κ3) is 2.81. The van der Waals surface area contributed by atoms with Crippen molar-refractivity contribution >= 4 is 12.2 Å². The molecule has 9 heavy (non-hydrogen) atoms. The molecule has 1 amide bonds. The van der Waals surface area contributed by atoms with Gasteiger partial charge in [0.2, 0.25) is 6.41 Å². The first-order valence-electron chi connectivity index (χ1n) is 2.53. The van der Waals surface area contributed by atoms with Crippen molar-refractivity contribution in [2.45, 2.75) is 13.0 Å². The molecule has 0 fully saturated rings. The Bertz CT molecular complexity index is 113. The Hall–Kier alpha value is -0.900. The van der Waals surface area contributed by atoms with Gasteiger partial charge in [-0.15, -0.1) is 0 Å². The maximum absolute atomic E-state index is 10.4. The fourth-order valence-electron chi connectivity index (χ4n) is 0.381. The van der Waals surface area contributed by atoms with Gasteiger partial charge in [-0.05, 0) is 6.92 Å². The number of carbonyl (C=O) groups excluding carboxylic acids is 2. The minimum atomic E-state index is -0.734. The molecule has 0 radical (unpaired) electrons. The highest BCUT2D eigenvalue weighted by Crippen LogP contribution is 1.80. The Morgan fingerprint density at radius 1 is 1.89 bits per heavy atom. The first-order chi connectivity index (χ1) is 4.22. The Labute approximate surface area is 52.9 Å². The van der Waals surface area contributed by atoms with E-state index < -0.39 is 6.04 Å². The summed E-state index contributed by atoms with van der Waals surface area (Å²) in [7, 11) is 0. The van der Waals surface area contributed by atoms with Gasteiger partial charge in [-0.1, -0.05) is 0 Å². The van der Waals surface area contributed by atoms with Crippen molar-refractivity contribution < 1.29 is 14.7 Å². The Balaban J connectivity index is 3.67. The van der Waals surface area contributed by atoms with E-state index in [9.17, 15) is 9.59 Å². The van der Waals surface area contributed by atoms with Gasteiger partial charge in [0.15, 0.2) is 5.78 Å². The minimum absolute atomic E-state index is 0.246.